The van der Waals surface area contributed by atoms with Crippen molar-refractivity contribution in [2.45, 2.75) is 31.5 Å². The molecule has 0 saturated carbocycles. The molecule has 1 unspecified atom stereocenters. The molecule has 0 aromatic heterocycles. The fourth-order valence-corrected chi connectivity index (χ4v) is 0.706. The summed E-state index contributed by atoms with van der Waals surface area (Å²) in [6.45, 7) is 4.79. The van der Waals surface area contributed by atoms with Gasteiger partial charge in [-0.1, -0.05) is 29.8 Å². The summed E-state index contributed by atoms with van der Waals surface area (Å²) < 4.78 is 0. The Bertz CT molecular complexity index is 106. The van der Waals surface area contributed by atoms with Crippen LogP contribution in [-0.4, -0.2) is 17.3 Å². The van der Waals surface area contributed by atoms with Crippen LogP contribution in [0, 0.1) is 0 Å². The largest absolute Gasteiger partial charge is 0.355 e. The lowest BCUT2D eigenvalue weighted by atomic mass is 10.3. The van der Waals surface area contributed by atoms with Gasteiger partial charge in [-0.15, -0.1) is 0 Å². The van der Waals surface area contributed by atoms with E-state index in [1.165, 1.54) is 0 Å². The molecule has 1 N–H and O–H groups in total. The Morgan fingerprint density at radius 1 is 1.60 bits per heavy atom. The van der Waals surface area contributed by atoms with E-state index in [1.54, 1.807) is 0 Å². The molecule has 0 aliphatic rings. The van der Waals surface area contributed by atoms with E-state index in [0.29, 0.717) is 0 Å². The molecule has 0 aliphatic carbocycles. The lowest BCUT2D eigenvalue weighted by Crippen LogP contribution is -2.31. The molecule has 0 bridgehead atoms. The van der Waals surface area contributed by atoms with E-state index in [4.69, 9.17) is 0 Å². The normalized spacial score (nSPS) is 12.7. The minimum absolute atomic E-state index is 0.0148. The highest BCUT2D eigenvalue weighted by molar-refractivity contribution is 9.10. The van der Waals surface area contributed by atoms with Gasteiger partial charge in [-0.25, -0.2) is 0 Å². The van der Waals surface area contributed by atoms with E-state index < -0.39 is 0 Å². The first-order valence-corrected chi connectivity index (χ1v) is 4.55. The molecule has 0 saturated heterocycles. The standard InChI is InChI=1S/C7H14BrNO/c1-3-5-9-7(10)6(8)4-2/h6H,3-5H2,1-2H3,(H,9,10). The third-order valence-corrected chi connectivity index (χ3v) is 2.26. The summed E-state index contributed by atoms with van der Waals surface area (Å²) in [6, 6.07) is 0. The third-order valence-electron chi connectivity index (χ3n) is 1.19. The van der Waals surface area contributed by atoms with Crippen LogP contribution in [0.15, 0.2) is 0 Å². The van der Waals surface area contributed by atoms with Crippen LogP contribution in [-0.2, 0) is 4.79 Å². The number of alkyl halides is 1. The summed E-state index contributed by atoms with van der Waals surface area (Å²) in [5, 5.41) is 2.80. The smallest absolute Gasteiger partial charge is 0.233 e. The summed E-state index contributed by atoms with van der Waals surface area (Å²) in [4.78, 5) is 11.0. The maximum Gasteiger partial charge on any atom is 0.233 e. The molecule has 1 atom stereocenters. The average Bonchev–Trinajstić information content (AvgIpc) is 1.98. The van der Waals surface area contributed by atoms with E-state index >= 15 is 0 Å². The van der Waals surface area contributed by atoms with Gasteiger partial charge in [0.2, 0.25) is 5.91 Å². The molecule has 0 fully saturated rings. The fourth-order valence-electron chi connectivity index (χ4n) is 0.544. The molecule has 0 aliphatic heterocycles. The third kappa shape index (κ3) is 3.88. The number of halogens is 1. The van der Waals surface area contributed by atoms with Crippen LogP contribution in [0.3, 0.4) is 0 Å². The highest BCUT2D eigenvalue weighted by Gasteiger charge is 2.09. The van der Waals surface area contributed by atoms with Crippen molar-refractivity contribution in [1.82, 2.24) is 5.32 Å². The van der Waals surface area contributed by atoms with Crippen LogP contribution in [0.5, 0.6) is 0 Å². The highest BCUT2D eigenvalue weighted by atomic mass is 79.9. The maximum atomic E-state index is 11.0. The Kier molecular flexibility index (Phi) is 5.69. The van der Waals surface area contributed by atoms with Gasteiger partial charge in [-0.05, 0) is 12.8 Å². The van der Waals surface area contributed by atoms with E-state index in [0.717, 1.165) is 19.4 Å². The van der Waals surface area contributed by atoms with Crippen molar-refractivity contribution in [2.75, 3.05) is 6.54 Å². The van der Waals surface area contributed by atoms with Crippen molar-refractivity contribution in [3.05, 3.63) is 0 Å². The zero-order valence-corrected chi connectivity index (χ0v) is 8.07. The van der Waals surface area contributed by atoms with Gasteiger partial charge in [0, 0.05) is 6.54 Å². The van der Waals surface area contributed by atoms with Crippen LogP contribution in [0.4, 0.5) is 0 Å². The molecule has 0 spiro atoms. The molecule has 1 amide bonds. The molecule has 10 heavy (non-hydrogen) atoms. The van der Waals surface area contributed by atoms with Crippen molar-refractivity contribution in [3.63, 3.8) is 0 Å². The number of hydrogen-bond acceptors (Lipinski definition) is 1. The number of hydrogen-bond donors (Lipinski definition) is 1. The summed E-state index contributed by atoms with van der Waals surface area (Å²) in [5.41, 5.74) is 0. The van der Waals surface area contributed by atoms with Gasteiger partial charge < -0.3 is 5.32 Å². The lowest BCUT2D eigenvalue weighted by molar-refractivity contribution is -0.120. The second-order valence-corrected chi connectivity index (χ2v) is 3.27. The van der Waals surface area contributed by atoms with Gasteiger partial charge in [-0.3, -0.25) is 4.79 Å². The minimum atomic E-state index is -0.0148. The van der Waals surface area contributed by atoms with E-state index in [2.05, 4.69) is 21.2 Å². The van der Waals surface area contributed by atoms with Crippen molar-refractivity contribution in [1.29, 1.82) is 0 Å². The number of rotatable bonds is 4. The van der Waals surface area contributed by atoms with Crippen molar-refractivity contribution in [2.24, 2.45) is 0 Å². The number of amides is 1. The minimum Gasteiger partial charge on any atom is -0.355 e. The van der Waals surface area contributed by atoms with Crippen molar-refractivity contribution < 1.29 is 4.79 Å². The predicted molar refractivity (Wildman–Crippen MR) is 46.3 cm³/mol. The summed E-state index contributed by atoms with van der Waals surface area (Å²) >= 11 is 3.26. The first-order chi connectivity index (χ1) is 4.72. The van der Waals surface area contributed by atoms with Crippen molar-refractivity contribution in [3.8, 4) is 0 Å². The molecule has 0 aromatic carbocycles. The van der Waals surface area contributed by atoms with Crippen LogP contribution >= 0.6 is 15.9 Å². The molecule has 0 aromatic rings. The maximum absolute atomic E-state index is 11.0. The molecule has 0 radical (unpaired) electrons. The van der Waals surface area contributed by atoms with Crippen molar-refractivity contribution >= 4 is 21.8 Å². The summed E-state index contributed by atoms with van der Waals surface area (Å²) in [7, 11) is 0. The number of nitrogens with one attached hydrogen (secondary N) is 1. The Balaban J connectivity index is 3.42. The Hall–Kier alpha value is -0.0500. The van der Waals surface area contributed by atoms with Gasteiger partial charge in [0.05, 0.1) is 4.83 Å². The fraction of sp³-hybridized carbons (Fsp3) is 0.857. The topological polar surface area (TPSA) is 29.1 Å². The van der Waals surface area contributed by atoms with E-state index in [9.17, 15) is 4.79 Å². The van der Waals surface area contributed by atoms with E-state index in [1.807, 2.05) is 13.8 Å². The summed E-state index contributed by atoms with van der Waals surface area (Å²) in [5.74, 6) is 0.101. The van der Waals surface area contributed by atoms with Gasteiger partial charge in [-0.2, -0.15) is 0 Å². The molecular formula is C7H14BrNO. The zero-order chi connectivity index (χ0) is 7.98. The lowest BCUT2D eigenvalue weighted by Gasteiger charge is -2.06. The van der Waals surface area contributed by atoms with Gasteiger partial charge in [0.1, 0.15) is 0 Å². The molecule has 0 rings (SSSR count). The monoisotopic (exact) mass is 207 g/mol. The van der Waals surface area contributed by atoms with Crippen LogP contribution in [0.25, 0.3) is 0 Å². The predicted octanol–water partition coefficient (Wildman–Crippen LogP) is 1.69. The van der Waals surface area contributed by atoms with Gasteiger partial charge in [0.15, 0.2) is 0 Å². The zero-order valence-electron chi connectivity index (χ0n) is 6.48. The molecule has 3 heteroatoms. The van der Waals surface area contributed by atoms with Gasteiger partial charge in [0.25, 0.3) is 0 Å². The van der Waals surface area contributed by atoms with Crippen LogP contribution in [0.1, 0.15) is 26.7 Å². The Morgan fingerprint density at radius 3 is 2.60 bits per heavy atom. The number of carbonyl (C=O) groups excluding carboxylic acids is 1. The first-order valence-electron chi connectivity index (χ1n) is 3.64. The second-order valence-electron chi connectivity index (χ2n) is 2.17. The van der Waals surface area contributed by atoms with Gasteiger partial charge >= 0.3 is 0 Å². The Labute approximate surface area is 70.5 Å². The molecular weight excluding hydrogens is 194 g/mol. The highest BCUT2D eigenvalue weighted by Crippen LogP contribution is 2.03. The average molecular weight is 208 g/mol. The van der Waals surface area contributed by atoms with Crippen LogP contribution < -0.4 is 5.32 Å². The Morgan fingerprint density at radius 2 is 2.20 bits per heavy atom. The molecule has 60 valence electrons. The van der Waals surface area contributed by atoms with Crippen LogP contribution in [0.2, 0.25) is 0 Å². The second kappa shape index (κ2) is 5.71. The molecule has 2 nitrogen and oxygen atoms in total. The molecule has 0 heterocycles. The quantitative estimate of drug-likeness (QED) is 0.699. The number of carbonyl (C=O) groups is 1. The SMILES string of the molecule is CCCNC(=O)C(Br)CC. The van der Waals surface area contributed by atoms with E-state index in [-0.39, 0.29) is 10.7 Å². The summed E-state index contributed by atoms with van der Waals surface area (Å²) in [6.07, 6.45) is 1.84. The first kappa shape index (κ1) is 9.95.